The number of ether oxygens (including phenoxy) is 1. The molecule has 0 unspecified atom stereocenters. The molecule has 1 aromatic rings. The maximum Gasteiger partial charge on any atom is 0.274 e. The molecule has 2 amide bonds. The summed E-state index contributed by atoms with van der Waals surface area (Å²) in [5.41, 5.74) is -0.109. The number of nitrogens with zero attached hydrogens (tertiary/aromatic N) is 3. The van der Waals surface area contributed by atoms with Gasteiger partial charge in [-0.2, -0.15) is 0 Å². The molecule has 3 rings (SSSR count). The molecule has 1 saturated heterocycles. The average Bonchev–Trinajstić information content (AvgIpc) is 3.10. The fraction of sp³-hybridized carbons (Fsp3) is 0.667. The van der Waals surface area contributed by atoms with Gasteiger partial charge in [-0.25, -0.2) is 9.97 Å². The number of piperidine rings is 1. The van der Waals surface area contributed by atoms with Crippen molar-refractivity contribution in [2.45, 2.75) is 50.5 Å². The van der Waals surface area contributed by atoms with E-state index < -0.39 is 0 Å². The molecule has 2 fully saturated rings. The highest BCUT2D eigenvalue weighted by Crippen LogP contribution is 2.30. The Kier molecular flexibility index (Phi) is 5.63. The van der Waals surface area contributed by atoms with Gasteiger partial charge in [0.1, 0.15) is 0 Å². The van der Waals surface area contributed by atoms with Crippen molar-refractivity contribution in [2.75, 3.05) is 26.8 Å². The van der Waals surface area contributed by atoms with Crippen LogP contribution in [0, 0.1) is 0 Å². The molecule has 0 aromatic carbocycles. The molecule has 136 valence electrons. The molecular formula is C18H26N4O3. The van der Waals surface area contributed by atoms with Crippen molar-refractivity contribution in [2.24, 2.45) is 0 Å². The van der Waals surface area contributed by atoms with Crippen LogP contribution in [-0.2, 0) is 4.74 Å². The highest BCUT2D eigenvalue weighted by Gasteiger charge is 2.37. The van der Waals surface area contributed by atoms with Crippen molar-refractivity contribution >= 4 is 11.8 Å². The average molecular weight is 346 g/mol. The zero-order valence-electron chi connectivity index (χ0n) is 14.8. The van der Waals surface area contributed by atoms with E-state index in [9.17, 15) is 9.59 Å². The second-order valence-corrected chi connectivity index (χ2v) is 6.98. The number of hydrogen-bond donors (Lipinski definition) is 1. The maximum atomic E-state index is 12.8. The first-order chi connectivity index (χ1) is 12.2. The van der Waals surface area contributed by atoms with Gasteiger partial charge in [-0.3, -0.25) is 9.59 Å². The lowest BCUT2D eigenvalue weighted by atomic mass is 9.98. The number of amides is 2. The van der Waals surface area contributed by atoms with Crippen LogP contribution in [0.3, 0.4) is 0 Å². The van der Waals surface area contributed by atoms with Gasteiger partial charge >= 0.3 is 0 Å². The molecule has 7 nitrogen and oxygen atoms in total. The van der Waals surface area contributed by atoms with E-state index in [1.165, 1.54) is 12.4 Å². The summed E-state index contributed by atoms with van der Waals surface area (Å²) in [7, 11) is 1.64. The van der Waals surface area contributed by atoms with Crippen LogP contribution in [0.15, 0.2) is 12.4 Å². The van der Waals surface area contributed by atoms with Gasteiger partial charge in [-0.15, -0.1) is 0 Å². The van der Waals surface area contributed by atoms with Crippen molar-refractivity contribution in [3.8, 4) is 0 Å². The Morgan fingerprint density at radius 2 is 1.72 bits per heavy atom. The standard InChI is InChI=1S/C18H26N4O3/c1-25-13-18(7-3-4-8-18)21-16(23)14-15(20-10-9-19-14)17(24)22-11-5-2-6-12-22/h9-10H,2-8,11-13H2,1H3,(H,21,23). The summed E-state index contributed by atoms with van der Waals surface area (Å²) in [5.74, 6) is -0.544. The molecule has 1 aliphatic heterocycles. The lowest BCUT2D eigenvalue weighted by molar-refractivity contribution is 0.0696. The van der Waals surface area contributed by atoms with Gasteiger partial charge in [0, 0.05) is 32.6 Å². The van der Waals surface area contributed by atoms with E-state index in [1.54, 1.807) is 12.0 Å². The summed E-state index contributed by atoms with van der Waals surface area (Å²) in [6.45, 7) is 1.89. The minimum atomic E-state index is -0.366. The molecule has 1 N–H and O–H groups in total. The van der Waals surface area contributed by atoms with Crippen LogP contribution in [0.1, 0.15) is 65.9 Å². The molecule has 7 heteroatoms. The van der Waals surface area contributed by atoms with Crippen LogP contribution in [-0.4, -0.2) is 59.0 Å². The summed E-state index contributed by atoms with van der Waals surface area (Å²) in [6.07, 6.45) is 9.91. The van der Waals surface area contributed by atoms with Crippen molar-refractivity contribution in [1.82, 2.24) is 20.2 Å². The second kappa shape index (κ2) is 7.91. The molecule has 1 aliphatic carbocycles. The Morgan fingerprint density at radius 1 is 1.08 bits per heavy atom. The van der Waals surface area contributed by atoms with Crippen LogP contribution in [0.5, 0.6) is 0 Å². The minimum Gasteiger partial charge on any atom is -0.382 e. The van der Waals surface area contributed by atoms with E-state index in [1.807, 2.05) is 0 Å². The van der Waals surface area contributed by atoms with Crippen LogP contribution >= 0.6 is 0 Å². The zero-order chi connectivity index (χ0) is 17.7. The van der Waals surface area contributed by atoms with Gasteiger partial charge < -0.3 is 15.0 Å². The maximum absolute atomic E-state index is 12.8. The molecule has 0 radical (unpaired) electrons. The number of methoxy groups -OCH3 is 1. The van der Waals surface area contributed by atoms with Gasteiger partial charge in [0.2, 0.25) is 0 Å². The third kappa shape index (κ3) is 3.98. The summed E-state index contributed by atoms with van der Waals surface area (Å²) >= 11 is 0. The fourth-order valence-corrected chi connectivity index (χ4v) is 3.84. The molecule has 2 aliphatic rings. The van der Waals surface area contributed by atoms with Crippen LogP contribution in [0.2, 0.25) is 0 Å². The van der Waals surface area contributed by atoms with Gasteiger partial charge in [0.05, 0.1) is 12.1 Å². The Labute approximate surface area is 148 Å². The molecule has 1 saturated carbocycles. The third-order valence-electron chi connectivity index (χ3n) is 5.12. The van der Waals surface area contributed by atoms with E-state index in [2.05, 4.69) is 15.3 Å². The highest BCUT2D eigenvalue weighted by molar-refractivity contribution is 6.04. The largest absolute Gasteiger partial charge is 0.382 e. The first kappa shape index (κ1) is 17.8. The Balaban J connectivity index is 1.79. The van der Waals surface area contributed by atoms with Gasteiger partial charge in [-0.1, -0.05) is 12.8 Å². The highest BCUT2D eigenvalue weighted by atomic mass is 16.5. The molecule has 0 spiro atoms. The minimum absolute atomic E-state index is 0.112. The summed E-state index contributed by atoms with van der Waals surface area (Å²) in [6, 6.07) is 0. The number of nitrogens with one attached hydrogen (secondary N) is 1. The van der Waals surface area contributed by atoms with Crippen LogP contribution in [0.25, 0.3) is 0 Å². The van der Waals surface area contributed by atoms with Crippen LogP contribution < -0.4 is 5.32 Å². The molecule has 2 heterocycles. The number of carbonyl (C=O) groups excluding carboxylic acids is 2. The first-order valence-corrected chi connectivity index (χ1v) is 9.07. The molecule has 1 aromatic heterocycles. The Morgan fingerprint density at radius 3 is 2.36 bits per heavy atom. The zero-order valence-corrected chi connectivity index (χ0v) is 14.8. The summed E-state index contributed by atoms with van der Waals surface area (Å²) in [5, 5.41) is 3.07. The quantitative estimate of drug-likeness (QED) is 0.879. The molecule has 0 bridgehead atoms. The van der Waals surface area contributed by atoms with Gasteiger partial charge in [-0.05, 0) is 32.1 Å². The monoisotopic (exact) mass is 346 g/mol. The van der Waals surface area contributed by atoms with E-state index in [4.69, 9.17) is 4.74 Å². The summed E-state index contributed by atoms with van der Waals surface area (Å²) in [4.78, 5) is 35.7. The predicted molar refractivity (Wildman–Crippen MR) is 92.3 cm³/mol. The third-order valence-corrected chi connectivity index (χ3v) is 5.12. The van der Waals surface area contributed by atoms with Crippen molar-refractivity contribution in [1.29, 1.82) is 0 Å². The van der Waals surface area contributed by atoms with E-state index in [0.717, 1.165) is 44.9 Å². The topological polar surface area (TPSA) is 84.4 Å². The van der Waals surface area contributed by atoms with Crippen molar-refractivity contribution in [3.63, 3.8) is 0 Å². The van der Waals surface area contributed by atoms with Gasteiger partial charge in [0.15, 0.2) is 11.4 Å². The van der Waals surface area contributed by atoms with Crippen molar-refractivity contribution < 1.29 is 14.3 Å². The van der Waals surface area contributed by atoms with E-state index >= 15 is 0 Å². The number of likely N-dealkylation sites (tertiary alicyclic amines) is 1. The van der Waals surface area contributed by atoms with Gasteiger partial charge in [0.25, 0.3) is 11.8 Å². The number of hydrogen-bond acceptors (Lipinski definition) is 5. The fourth-order valence-electron chi connectivity index (χ4n) is 3.84. The Hall–Kier alpha value is -2.02. The number of aromatic nitrogens is 2. The summed E-state index contributed by atoms with van der Waals surface area (Å²) < 4.78 is 5.31. The lowest BCUT2D eigenvalue weighted by Crippen LogP contribution is -2.50. The number of rotatable bonds is 5. The SMILES string of the molecule is COCC1(NC(=O)c2nccnc2C(=O)N2CCCCC2)CCCC1. The molecule has 25 heavy (non-hydrogen) atoms. The molecule has 0 atom stereocenters. The predicted octanol–water partition coefficient (Wildman–Crippen LogP) is 1.79. The van der Waals surface area contributed by atoms with E-state index in [-0.39, 0.29) is 28.7 Å². The van der Waals surface area contributed by atoms with E-state index in [0.29, 0.717) is 19.7 Å². The van der Waals surface area contributed by atoms with Crippen LogP contribution in [0.4, 0.5) is 0 Å². The Bertz CT molecular complexity index is 623. The van der Waals surface area contributed by atoms with Crippen molar-refractivity contribution in [3.05, 3.63) is 23.8 Å². The number of carbonyl (C=O) groups is 2. The second-order valence-electron chi connectivity index (χ2n) is 6.98. The lowest BCUT2D eigenvalue weighted by Gasteiger charge is -2.30. The smallest absolute Gasteiger partial charge is 0.274 e. The molecular weight excluding hydrogens is 320 g/mol. The first-order valence-electron chi connectivity index (χ1n) is 9.07. The normalized spacial score (nSPS) is 19.6.